The molecule has 0 radical (unpaired) electrons. The molecule has 4 heteroatoms. The first kappa shape index (κ1) is 19.1. The number of carbonyl (C=O) groups is 1. The van der Waals surface area contributed by atoms with E-state index in [1.807, 2.05) is 6.08 Å². The largest absolute Gasteiger partial charge is 0.504 e. The first-order valence-electron chi connectivity index (χ1n) is 8.52. The van der Waals surface area contributed by atoms with E-state index in [0.29, 0.717) is 19.4 Å². The number of nitrogens with one attached hydrogen (secondary N) is 1. The number of phenolic OH excluding ortho intramolecular Hbond substituents is 2. The van der Waals surface area contributed by atoms with Gasteiger partial charge in [-0.1, -0.05) is 37.8 Å². The van der Waals surface area contributed by atoms with Gasteiger partial charge in [-0.3, -0.25) is 4.79 Å². The topological polar surface area (TPSA) is 69.6 Å². The van der Waals surface area contributed by atoms with Crippen molar-refractivity contribution >= 4 is 5.91 Å². The average Bonchev–Trinajstić information content (AvgIpc) is 2.53. The smallest absolute Gasteiger partial charge is 0.220 e. The van der Waals surface area contributed by atoms with Gasteiger partial charge in [0, 0.05) is 13.0 Å². The molecule has 1 rings (SSSR count). The van der Waals surface area contributed by atoms with Crippen LogP contribution in [0.4, 0.5) is 0 Å². The van der Waals surface area contributed by atoms with E-state index in [9.17, 15) is 15.0 Å². The quantitative estimate of drug-likeness (QED) is 0.309. The van der Waals surface area contributed by atoms with Crippen molar-refractivity contribution in [2.45, 2.75) is 57.8 Å². The van der Waals surface area contributed by atoms with E-state index in [1.165, 1.54) is 37.8 Å². The number of hydrogen-bond donors (Lipinski definition) is 3. The summed E-state index contributed by atoms with van der Waals surface area (Å²) in [5.41, 5.74) is 0.889. The lowest BCUT2D eigenvalue weighted by Gasteiger charge is -2.06. The molecule has 0 saturated heterocycles. The number of phenols is 2. The highest BCUT2D eigenvalue weighted by atomic mass is 16.3. The van der Waals surface area contributed by atoms with Crippen LogP contribution in [-0.2, 0) is 11.2 Å². The second-order valence-corrected chi connectivity index (χ2v) is 5.87. The number of amides is 1. The van der Waals surface area contributed by atoms with Crippen LogP contribution < -0.4 is 5.32 Å². The van der Waals surface area contributed by atoms with Gasteiger partial charge in [-0.15, -0.1) is 6.58 Å². The number of aromatic hydroxyl groups is 2. The predicted molar refractivity (Wildman–Crippen MR) is 93.6 cm³/mol. The summed E-state index contributed by atoms with van der Waals surface area (Å²) in [5.74, 6) is -0.163. The lowest BCUT2D eigenvalue weighted by Crippen LogP contribution is -2.25. The standard InChI is InChI=1S/C19H29NO3/c1-2-3-4-5-6-7-8-9-10-19(23)20-14-13-16-11-12-17(21)18(22)15-16/h2,11-12,15,21-22H,1,3-10,13-14H2,(H,20,23). The SMILES string of the molecule is C=CCCCCCCCCC(=O)NCCc1ccc(O)c(O)c1. The summed E-state index contributed by atoms with van der Waals surface area (Å²) in [4.78, 5) is 11.7. The zero-order chi connectivity index (χ0) is 16.9. The summed E-state index contributed by atoms with van der Waals surface area (Å²) in [6.07, 6.45) is 11.2. The van der Waals surface area contributed by atoms with Gasteiger partial charge >= 0.3 is 0 Å². The Morgan fingerprint density at radius 1 is 1.04 bits per heavy atom. The van der Waals surface area contributed by atoms with Gasteiger partial charge in [-0.05, 0) is 43.4 Å². The van der Waals surface area contributed by atoms with Crippen molar-refractivity contribution in [1.82, 2.24) is 5.32 Å². The Hall–Kier alpha value is -1.97. The van der Waals surface area contributed by atoms with E-state index in [0.717, 1.165) is 24.8 Å². The summed E-state index contributed by atoms with van der Waals surface area (Å²) in [5, 5.41) is 21.5. The van der Waals surface area contributed by atoms with Gasteiger partial charge in [0.05, 0.1) is 0 Å². The molecule has 128 valence electrons. The van der Waals surface area contributed by atoms with E-state index in [-0.39, 0.29) is 17.4 Å². The van der Waals surface area contributed by atoms with Crippen molar-refractivity contribution < 1.29 is 15.0 Å². The molecule has 4 nitrogen and oxygen atoms in total. The fourth-order valence-corrected chi connectivity index (χ4v) is 2.44. The zero-order valence-corrected chi connectivity index (χ0v) is 13.9. The molecule has 1 aromatic rings. The Kier molecular flexibility index (Phi) is 9.60. The second kappa shape index (κ2) is 11.6. The van der Waals surface area contributed by atoms with Crippen molar-refractivity contribution in [3.05, 3.63) is 36.4 Å². The molecule has 0 aliphatic carbocycles. The minimum atomic E-state index is -0.123. The molecular weight excluding hydrogens is 290 g/mol. The molecule has 1 aromatic carbocycles. The summed E-state index contributed by atoms with van der Waals surface area (Å²) >= 11 is 0. The fourth-order valence-electron chi connectivity index (χ4n) is 2.44. The van der Waals surface area contributed by atoms with Crippen molar-refractivity contribution in [2.24, 2.45) is 0 Å². The van der Waals surface area contributed by atoms with Crippen molar-refractivity contribution in [3.8, 4) is 11.5 Å². The van der Waals surface area contributed by atoms with Crippen LogP contribution in [0.25, 0.3) is 0 Å². The van der Waals surface area contributed by atoms with Crippen LogP contribution in [-0.4, -0.2) is 22.7 Å². The maximum Gasteiger partial charge on any atom is 0.220 e. The molecule has 0 heterocycles. The van der Waals surface area contributed by atoms with Gasteiger partial charge in [-0.25, -0.2) is 0 Å². The summed E-state index contributed by atoms with van der Waals surface area (Å²) in [6, 6.07) is 4.73. The summed E-state index contributed by atoms with van der Waals surface area (Å²) in [6.45, 7) is 4.26. The Morgan fingerprint density at radius 3 is 2.43 bits per heavy atom. The Labute approximate surface area is 139 Å². The molecule has 0 aliphatic heterocycles. The lowest BCUT2D eigenvalue weighted by molar-refractivity contribution is -0.121. The highest BCUT2D eigenvalue weighted by molar-refractivity contribution is 5.75. The van der Waals surface area contributed by atoms with E-state index in [4.69, 9.17) is 0 Å². The van der Waals surface area contributed by atoms with Crippen molar-refractivity contribution in [2.75, 3.05) is 6.54 Å². The maximum atomic E-state index is 11.7. The number of allylic oxidation sites excluding steroid dienone is 1. The minimum Gasteiger partial charge on any atom is -0.504 e. The lowest BCUT2D eigenvalue weighted by atomic mass is 10.1. The van der Waals surface area contributed by atoms with Crippen LogP contribution in [0.15, 0.2) is 30.9 Å². The molecule has 3 N–H and O–H groups in total. The summed E-state index contributed by atoms with van der Waals surface area (Å²) in [7, 11) is 0. The number of hydrogen-bond acceptors (Lipinski definition) is 3. The molecule has 0 aliphatic rings. The normalized spacial score (nSPS) is 10.4. The molecule has 1 amide bonds. The number of carbonyl (C=O) groups excluding carboxylic acids is 1. The molecule has 23 heavy (non-hydrogen) atoms. The highest BCUT2D eigenvalue weighted by Gasteiger charge is 2.03. The number of rotatable bonds is 12. The number of unbranched alkanes of at least 4 members (excludes halogenated alkanes) is 6. The molecule has 0 spiro atoms. The van der Waals surface area contributed by atoms with E-state index >= 15 is 0 Å². The molecule has 0 saturated carbocycles. The number of benzene rings is 1. The van der Waals surface area contributed by atoms with Gasteiger partial charge in [0.25, 0.3) is 0 Å². The second-order valence-electron chi connectivity index (χ2n) is 5.87. The average molecular weight is 319 g/mol. The summed E-state index contributed by atoms with van der Waals surface area (Å²) < 4.78 is 0. The van der Waals surface area contributed by atoms with Gasteiger partial charge in [0.1, 0.15) is 0 Å². The third kappa shape index (κ3) is 8.91. The molecular formula is C19H29NO3. The van der Waals surface area contributed by atoms with Crippen LogP contribution in [0.3, 0.4) is 0 Å². The highest BCUT2D eigenvalue weighted by Crippen LogP contribution is 2.24. The van der Waals surface area contributed by atoms with Crippen LogP contribution in [0.2, 0.25) is 0 Å². The third-order valence-corrected chi connectivity index (χ3v) is 3.84. The van der Waals surface area contributed by atoms with Gasteiger partial charge in [0.15, 0.2) is 11.5 Å². The molecule has 0 unspecified atom stereocenters. The van der Waals surface area contributed by atoms with Crippen LogP contribution >= 0.6 is 0 Å². The van der Waals surface area contributed by atoms with Crippen molar-refractivity contribution in [3.63, 3.8) is 0 Å². The monoisotopic (exact) mass is 319 g/mol. The van der Waals surface area contributed by atoms with E-state index < -0.39 is 0 Å². The van der Waals surface area contributed by atoms with Gasteiger partial charge in [-0.2, -0.15) is 0 Å². The van der Waals surface area contributed by atoms with Gasteiger partial charge < -0.3 is 15.5 Å². The molecule has 0 bridgehead atoms. The predicted octanol–water partition coefficient (Wildman–Crippen LogP) is 4.06. The van der Waals surface area contributed by atoms with Crippen LogP contribution in [0.5, 0.6) is 11.5 Å². The Bertz CT molecular complexity index is 486. The van der Waals surface area contributed by atoms with Gasteiger partial charge in [0.2, 0.25) is 5.91 Å². The van der Waals surface area contributed by atoms with E-state index in [2.05, 4.69) is 11.9 Å². The third-order valence-electron chi connectivity index (χ3n) is 3.84. The Balaban J connectivity index is 2.01. The first-order chi connectivity index (χ1) is 11.1. The van der Waals surface area contributed by atoms with Crippen LogP contribution in [0.1, 0.15) is 56.9 Å². The Morgan fingerprint density at radius 2 is 1.74 bits per heavy atom. The molecule has 0 atom stereocenters. The molecule has 0 aromatic heterocycles. The minimum absolute atomic E-state index is 0.0830. The maximum absolute atomic E-state index is 11.7. The first-order valence-corrected chi connectivity index (χ1v) is 8.52. The van der Waals surface area contributed by atoms with Crippen molar-refractivity contribution in [1.29, 1.82) is 0 Å². The molecule has 0 fully saturated rings. The van der Waals surface area contributed by atoms with Crippen LogP contribution in [0, 0.1) is 0 Å². The van der Waals surface area contributed by atoms with E-state index in [1.54, 1.807) is 6.07 Å². The zero-order valence-electron chi connectivity index (χ0n) is 13.9. The fraction of sp³-hybridized carbons (Fsp3) is 0.526.